The van der Waals surface area contributed by atoms with Gasteiger partial charge in [-0.15, -0.1) is 0 Å². The van der Waals surface area contributed by atoms with Gasteiger partial charge in [-0.05, 0) is 49.7 Å². The number of phenols is 1. The molecule has 0 aliphatic carbocycles. The molecule has 0 fully saturated rings. The van der Waals surface area contributed by atoms with Gasteiger partial charge >= 0.3 is 0 Å². The maximum absolute atomic E-state index is 13.8. The number of aryl methyl sites for hydroxylation is 1. The number of aromatic hydroxyl groups is 1. The largest absolute Gasteiger partial charge is 0.505 e. The molecule has 192 valence electrons. The zero-order chi connectivity index (χ0) is 27.0. The number of nitrogens with zero attached hydrogens (tertiary/aromatic N) is 5. The van der Waals surface area contributed by atoms with Crippen molar-refractivity contribution < 1.29 is 14.3 Å². The fraction of sp³-hybridized carbons (Fsp3) is 0.115. The fourth-order valence-corrected chi connectivity index (χ4v) is 4.12. The number of carbonyl (C=O) groups is 1. The second-order valence-electron chi connectivity index (χ2n) is 8.60. The molecule has 0 aliphatic rings. The minimum atomic E-state index is -0.896. The maximum Gasteiger partial charge on any atom is 0.282 e. The normalized spacial score (nSPS) is 11.9. The van der Waals surface area contributed by atoms with Crippen LogP contribution in [0.15, 0.2) is 71.9 Å². The van der Waals surface area contributed by atoms with Crippen LogP contribution in [0.2, 0.25) is 0 Å². The van der Waals surface area contributed by atoms with Crippen LogP contribution < -0.4 is 21.9 Å². The number of amides is 1. The predicted molar refractivity (Wildman–Crippen MR) is 140 cm³/mol. The van der Waals surface area contributed by atoms with Gasteiger partial charge in [-0.1, -0.05) is 18.2 Å². The van der Waals surface area contributed by atoms with Crippen molar-refractivity contribution in [3.05, 3.63) is 100 Å². The molecule has 38 heavy (non-hydrogen) atoms. The van der Waals surface area contributed by atoms with Gasteiger partial charge in [0, 0.05) is 18.0 Å². The van der Waals surface area contributed by atoms with Crippen molar-refractivity contribution in [2.75, 3.05) is 16.4 Å². The summed E-state index contributed by atoms with van der Waals surface area (Å²) in [6.07, 6.45) is 2.90. The lowest BCUT2D eigenvalue weighted by Gasteiger charge is -2.21. The average molecular weight is 515 g/mol. The van der Waals surface area contributed by atoms with Crippen molar-refractivity contribution in [2.45, 2.75) is 19.9 Å². The molecule has 3 aromatic heterocycles. The maximum atomic E-state index is 13.8. The molecule has 5 aromatic rings. The van der Waals surface area contributed by atoms with Crippen LogP contribution in [0.5, 0.6) is 5.75 Å². The number of benzene rings is 2. The van der Waals surface area contributed by atoms with Crippen LogP contribution in [0.25, 0.3) is 11.2 Å². The second kappa shape index (κ2) is 9.65. The molecule has 0 unspecified atom stereocenters. The standard InChI is InChI=1S/C26H23FN8O3/c1-14-10-11-34-21(14)26(38)35(17-6-4-3-5-7-17)24(33-34)15(2)31-23-20(22(28)29-13-30-23)25(37)32-16-8-9-19(36)18(27)12-16/h3-13,15,36H,1-2H3,(H,32,37)(H3,28,29,30,31)/t15-/m0/s1. The van der Waals surface area contributed by atoms with Crippen LogP contribution in [0, 0.1) is 12.7 Å². The Morgan fingerprint density at radius 2 is 1.89 bits per heavy atom. The molecule has 0 radical (unpaired) electrons. The number of carbonyl (C=O) groups excluding carboxylic acids is 1. The molecule has 1 amide bonds. The summed E-state index contributed by atoms with van der Waals surface area (Å²) in [6, 6.07) is 13.7. The monoisotopic (exact) mass is 514 g/mol. The van der Waals surface area contributed by atoms with Gasteiger partial charge in [0.1, 0.15) is 29.0 Å². The summed E-state index contributed by atoms with van der Waals surface area (Å²) in [5.41, 5.74) is 7.63. The highest BCUT2D eigenvalue weighted by molar-refractivity contribution is 6.10. The van der Waals surface area contributed by atoms with Crippen molar-refractivity contribution in [3.8, 4) is 11.4 Å². The van der Waals surface area contributed by atoms with Crippen molar-refractivity contribution >= 4 is 28.7 Å². The van der Waals surface area contributed by atoms with Gasteiger partial charge in [-0.2, -0.15) is 5.10 Å². The van der Waals surface area contributed by atoms with Crippen molar-refractivity contribution in [2.24, 2.45) is 0 Å². The smallest absolute Gasteiger partial charge is 0.282 e. The molecule has 0 bridgehead atoms. The third-order valence-corrected chi connectivity index (χ3v) is 5.98. The Morgan fingerprint density at radius 1 is 1.13 bits per heavy atom. The number of phenolic OH excluding ortho intramolecular Hbond substituents is 1. The number of nitrogens with one attached hydrogen (secondary N) is 2. The first-order valence-corrected chi connectivity index (χ1v) is 11.6. The summed E-state index contributed by atoms with van der Waals surface area (Å²) in [5, 5.41) is 19.8. The number of hydrogen-bond donors (Lipinski definition) is 4. The van der Waals surface area contributed by atoms with Crippen molar-refractivity contribution in [1.82, 2.24) is 24.1 Å². The van der Waals surface area contributed by atoms with E-state index >= 15 is 0 Å². The van der Waals surface area contributed by atoms with E-state index in [2.05, 4.69) is 25.7 Å². The van der Waals surface area contributed by atoms with Gasteiger partial charge in [0.05, 0.1) is 11.7 Å². The van der Waals surface area contributed by atoms with E-state index in [1.807, 2.05) is 25.1 Å². The molecular weight excluding hydrogens is 491 g/mol. The first-order chi connectivity index (χ1) is 18.2. The highest BCUT2D eigenvalue weighted by Crippen LogP contribution is 2.26. The highest BCUT2D eigenvalue weighted by Gasteiger charge is 2.24. The Kier molecular flexibility index (Phi) is 6.21. The number of nitrogen functional groups attached to an aromatic ring is 1. The van der Waals surface area contributed by atoms with Crippen molar-refractivity contribution in [1.29, 1.82) is 0 Å². The molecule has 0 spiro atoms. The van der Waals surface area contributed by atoms with Gasteiger partial charge in [0.15, 0.2) is 17.4 Å². The summed E-state index contributed by atoms with van der Waals surface area (Å²) < 4.78 is 16.8. The van der Waals surface area contributed by atoms with E-state index in [0.29, 0.717) is 17.0 Å². The van der Waals surface area contributed by atoms with Crippen LogP contribution in [-0.4, -0.2) is 35.2 Å². The van der Waals surface area contributed by atoms with Gasteiger partial charge in [0.25, 0.3) is 11.5 Å². The molecule has 3 heterocycles. The molecule has 1 atom stereocenters. The quantitative estimate of drug-likeness (QED) is 0.252. The van der Waals surface area contributed by atoms with Crippen molar-refractivity contribution in [3.63, 3.8) is 0 Å². The SMILES string of the molecule is Cc1ccn2nc([C@H](C)Nc3ncnc(N)c3C(=O)Nc3ccc(O)c(F)c3)n(-c3ccccc3)c(=O)c12. The van der Waals surface area contributed by atoms with Gasteiger partial charge < -0.3 is 21.5 Å². The summed E-state index contributed by atoms with van der Waals surface area (Å²) in [7, 11) is 0. The minimum absolute atomic E-state index is 0.0828. The first kappa shape index (κ1) is 24.4. The lowest BCUT2D eigenvalue weighted by molar-refractivity contribution is 0.102. The number of para-hydroxylation sites is 1. The average Bonchev–Trinajstić information content (AvgIpc) is 3.27. The number of anilines is 3. The number of nitrogens with two attached hydrogens (primary N) is 1. The summed E-state index contributed by atoms with van der Waals surface area (Å²) >= 11 is 0. The van der Waals surface area contributed by atoms with E-state index in [0.717, 1.165) is 17.7 Å². The molecule has 2 aromatic carbocycles. The number of rotatable bonds is 6. The van der Waals surface area contributed by atoms with Gasteiger partial charge in [-0.3, -0.25) is 14.2 Å². The third-order valence-electron chi connectivity index (χ3n) is 5.98. The molecule has 5 N–H and O–H groups in total. The van der Waals surface area contributed by atoms with Crippen LogP contribution in [0.3, 0.4) is 0 Å². The van der Waals surface area contributed by atoms with E-state index < -0.39 is 23.5 Å². The first-order valence-electron chi connectivity index (χ1n) is 11.6. The minimum Gasteiger partial charge on any atom is -0.505 e. The highest BCUT2D eigenvalue weighted by atomic mass is 19.1. The van der Waals surface area contributed by atoms with E-state index in [9.17, 15) is 19.1 Å². The Balaban J connectivity index is 1.55. The van der Waals surface area contributed by atoms with E-state index in [1.165, 1.54) is 21.5 Å². The van der Waals surface area contributed by atoms with Crippen LogP contribution in [0.1, 0.15) is 34.7 Å². The van der Waals surface area contributed by atoms with E-state index in [-0.39, 0.29) is 28.4 Å². The molecule has 11 nitrogen and oxygen atoms in total. The zero-order valence-corrected chi connectivity index (χ0v) is 20.4. The van der Waals surface area contributed by atoms with Gasteiger partial charge in [-0.25, -0.2) is 18.9 Å². The predicted octanol–water partition coefficient (Wildman–Crippen LogP) is 3.44. The Hall–Kier alpha value is -5.26. The van der Waals surface area contributed by atoms with Crippen LogP contribution in [0.4, 0.5) is 21.7 Å². The Morgan fingerprint density at radius 3 is 2.63 bits per heavy atom. The van der Waals surface area contributed by atoms with E-state index in [4.69, 9.17) is 5.73 Å². The second-order valence-corrected chi connectivity index (χ2v) is 8.60. The zero-order valence-electron chi connectivity index (χ0n) is 20.4. The number of fused-ring (bicyclic) bond motifs is 1. The topological polar surface area (TPSA) is 152 Å². The lowest BCUT2D eigenvalue weighted by atomic mass is 10.2. The number of halogens is 1. The van der Waals surface area contributed by atoms with E-state index in [1.54, 1.807) is 31.3 Å². The van der Waals surface area contributed by atoms with Crippen LogP contribution in [-0.2, 0) is 0 Å². The Bertz CT molecular complexity index is 1730. The molecule has 0 aliphatic heterocycles. The summed E-state index contributed by atoms with van der Waals surface area (Å²) in [5.74, 6) is -1.82. The molecule has 12 heteroatoms. The Labute approximate surface area is 215 Å². The number of hydrogen-bond acceptors (Lipinski definition) is 8. The molecular formula is C26H23FN8O3. The third kappa shape index (κ3) is 4.39. The molecule has 0 saturated heterocycles. The molecule has 5 rings (SSSR count). The summed E-state index contributed by atoms with van der Waals surface area (Å²) in [6.45, 7) is 3.60. The molecule has 0 saturated carbocycles. The van der Waals surface area contributed by atoms with Crippen LogP contribution >= 0.6 is 0 Å². The number of aromatic nitrogens is 5. The fourth-order valence-electron chi connectivity index (χ4n) is 4.12. The van der Waals surface area contributed by atoms with Gasteiger partial charge in [0.2, 0.25) is 0 Å². The lowest BCUT2D eigenvalue weighted by Crippen LogP contribution is -2.30. The summed E-state index contributed by atoms with van der Waals surface area (Å²) in [4.78, 5) is 34.8.